The minimum Gasteiger partial charge on any atom is -0.310 e. The van der Waals surface area contributed by atoms with Gasteiger partial charge in [0.2, 0.25) is 0 Å². The molecule has 0 saturated heterocycles. The maximum atomic E-state index is 12.0. The van der Waals surface area contributed by atoms with Crippen LogP contribution < -0.4 is 5.32 Å². The van der Waals surface area contributed by atoms with Crippen molar-refractivity contribution in [2.45, 2.75) is 37.4 Å². The van der Waals surface area contributed by atoms with E-state index in [0.29, 0.717) is 0 Å². The zero-order valence-electron chi connectivity index (χ0n) is 10.6. The molecule has 102 valence electrons. The fourth-order valence-corrected chi connectivity index (χ4v) is 2.46. The summed E-state index contributed by atoms with van der Waals surface area (Å²) >= 11 is 1.24. The van der Waals surface area contributed by atoms with Gasteiger partial charge >= 0.3 is 6.18 Å². The Morgan fingerprint density at radius 2 is 1.83 bits per heavy atom. The first kappa shape index (κ1) is 15.4. The summed E-state index contributed by atoms with van der Waals surface area (Å²) in [5.41, 5.74) is 1.15. The summed E-state index contributed by atoms with van der Waals surface area (Å²) < 4.78 is 36.0. The molecular weight excluding hydrogens is 259 g/mol. The number of alkyl halides is 3. The van der Waals surface area contributed by atoms with Crippen LogP contribution in [0.5, 0.6) is 0 Å². The molecule has 0 amide bonds. The minimum atomic E-state index is -4.06. The van der Waals surface area contributed by atoms with Gasteiger partial charge in [0.05, 0.1) is 6.42 Å². The SMILES string of the molecule is CCNC(C)c1ccc(SCCC(F)(F)F)cc1. The predicted molar refractivity (Wildman–Crippen MR) is 69.9 cm³/mol. The lowest BCUT2D eigenvalue weighted by molar-refractivity contribution is -0.129. The average Bonchev–Trinajstić information content (AvgIpc) is 2.28. The molecule has 1 nitrogen and oxygen atoms in total. The van der Waals surface area contributed by atoms with Crippen molar-refractivity contribution in [3.63, 3.8) is 0 Å². The number of hydrogen-bond donors (Lipinski definition) is 1. The molecule has 0 aliphatic heterocycles. The Morgan fingerprint density at radius 3 is 2.33 bits per heavy atom. The predicted octanol–water partition coefficient (Wildman–Crippen LogP) is 4.40. The van der Waals surface area contributed by atoms with Gasteiger partial charge in [-0.1, -0.05) is 19.1 Å². The molecule has 1 aromatic rings. The molecule has 1 N–H and O–H groups in total. The Morgan fingerprint density at radius 1 is 1.22 bits per heavy atom. The number of thioether (sulfide) groups is 1. The number of halogens is 3. The van der Waals surface area contributed by atoms with Crippen LogP contribution >= 0.6 is 11.8 Å². The summed E-state index contributed by atoms with van der Waals surface area (Å²) in [5, 5.41) is 3.29. The van der Waals surface area contributed by atoms with E-state index >= 15 is 0 Å². The van der Waals surface area contributed by atoms with Gasteiger partial charge in [-0.2, -0.15) is 13.2 Å². The zero-order chi connectivity index (χ0) is 13.6. The fraction of sp³-hybridized carbons (Fsp3) is 0.538. The second kappa shape index (κ2) is 7.04. The highest BCUT2D eigenvalue weighted by Gasteiger charge is 2.26. The quantitative estimate of drug-likeness (QED) is 0.773. The van der Waals surface area contributed by atoms with Crippen LogP contribution in [-0.4, -0.2) is 18.5 Å². The van der Waals surface area contributed by atoms with Crippen molar-refractivity contribution in [3.05, 3.63) is 29.8 Å². The Hall–Kier alpha value is -0.680. The van der Waals surface area contributed by atoms with Crippen molar-refractivity contribution in [3.8, 4) is 0 Å². The van der Waals surface area contributed by atoms with E-state index in [0.717, 1.165) is 17.0 Å². The first-order valence-corrected chi connectivity index (χ1v) is 6.94. The second-order valence-electron chi connectivity index (χ2n) is 4.06. The number of rotatable bonds is 6. The van der Waals surface area contributed by atoms with E-state index in [4.69, 9.17) is 0 Å². The number of benzene rings is 1. The highest BCUT2D eigenvalue weighted by atomic mass is 32.2. The topological polar surface area (TPSA) is 12.0 Å². The molecule has 0 aliphatic rings. The monoisotopic (exact) mass is 277 g/mol. The van der Waals surface area contributed by atoms with Gasteiger partial charge in [0.15, 0.2) is 0 Å². The van der Waals surface area contributed by atoms with E-state index in [-0.39, 0.29) is 11.8 Å². The summed E-state index contributed by atoms with van der Waals surface area (Å²) in [4.78, 5) is 0.881. The van der Waals surface area contributed by atoms with Gasteiger partial charge in [0.1, 0.15) is 0 Å². The van der Waals surface area contributed by atoms with E-state index in [1.165, 1.54) is 11.8 Å². The van der Waals surface area contributed by atoms with Gasteiger partial charge < -0.3 is 5.32 Å². The molecule has 0 saturated carbocycles. The van der Waals surface area contributed by atoms with Crippen LogP contribution in [0.25, 0.3) is 0 Å². The molecule has 0 fully saturated rings. The molecule has 0 heterocycles. The molecule has 0 aromatic heterocycles. The summed E-state index contributed by atoms with van der Waals surface area (Å²) in [5.74, 6) is 0.0750. The Balaban J connectivity index is 2.45. The first-order valence-electron chi connectivity index (χ1n) is 5.95. The van der Waals surface area contributed by atoms with Crippen LogP contribution in [0.1, 0.15) is 31.9 Å². The molecule has 1 unspecified atom stereocenters. The van der Waals surface area contributed by atoms with E-state index in [2.05, 4.69) is 12.2 Å². The lowest BCUT2D eigenvalue weighted by Gasteiger charge is -2.13. The highest BCUT2D eigenvalue weighted by Crippen LogP contribution is 2.26. The number of hydrogen-bond acceptors (Lipinski definition) is 2. The maximum Gasteiger partial charge on any atom is 0.389 e. The lowest BCUT2D eigenvalue weighted by Crippen LogP contribution is -2.17. The van der Waals surface area contributed by atoms with Crippen LogP contribution in [0.2, 0.25) is 0 Å². The molecule has 5 heteroatoms. The van der Waals surface area contributed by atoms with Crippen molar-refractivity contribution in [2.75, 3.05) is 12.3 Å². The number of nitrogens with one attached hydrogen (secondary N) is 1. The summed E-state index contributed by atoms with van der Waals surface area (Å²) in [7, 11) is 0. The van der Waals surface area contributed by atoms with Crippen LogP contribution in [0.4, 0.5) is 13.2 Å². The molecule has 1 aromatic carbocycles. The van der Waals surface area contributed by atoms with Gasteiger partial charge in [-0.05, 0) is 31.2 Å². The lowest BCUT2D eigenvalue weighted by atomic mass is 10.1. The molecule has 0 bridgehead atoms. The van der Waals surface area contributed by atoms with Crippen molar-refractivity contribution in [2.24, 2.45) is 0 Å². The molecule has 0 aliphatic carbocycles. The zero-order valence-corrected chi connectivity index (χ0v) is 11.4. The molecule has 18 heavy (non-hydrogen) atoms. The van der Waals surface area contributed by atoms with Crippen LogP contribution in [0, 0.1) is 0 Å². The van der Waals surface area contributed by atoms with Gasteiger partial charge in [-0.25, -0.2) is 0 Å². The summed E-state index contributed by atoms with van der Waals surface area (Å²) in [6, 6.07) is 7.95. The van der Waals surface area contributed by atoms with Crippen molar-refractivity contribution < 1.29 is 13.2 Å². The first-order chi connectivity index (χ1) is 8.42. The summed E-state index contributed by atoms with van der Waals surface area (Å²) in [6.45, 7) is 5.00. The molecule has 0 spiro atoms. The van der Waals surface area contributed by atoms with Crippen molar-refractivity contribution in [1.82, 2.24) is 5.32 Å². The van der Waals surface area contributed by atoms with E-state index in [1.807, 2.05) is 31.2 Å². The maximum absolute atomic E-state index is 12.0. The smallest absolute Gasteiger partial charge is 0.310 e. The van der Waals surface area contributed by atoms with E-state index in [1.54, 1.807) is 0 Å². The third-order valence-electron chi connectivity index (χ3n) is 2.54. The minimum absolute atomic E-state index is 0.0750. The highest BCUT2D eigenvalue weighted by molar-refractivity contribution is 7.99. The molecule has 1 rings (SSSR count). The third-order valence-corrected chi connectivity index (χ3v) is 3.56. The average molecular weight is 277 g/mol. The molecule has 1 atom stereocenters. The van der Waals surface area contributed by atoms with Crippen molar-refractivity contribution in [1.29, 1.82) is 0 Å². The van der Waals surface area contributed by atoms with E-state index < -0.39 is 12.6 Å². The van der Waals surface area contributed by atoms with Crippen LogP contribution in [-0.2, 0) is 0 Å². The van der Waals surface area contributed by atoms with Gasteiger partial charge in [-0.3, -0.25) is 0 Å². The third kappa shape index (κ3) is 5.78. The van der Waals surface area contributed by atoms with Gasteiger partial charge in [0.25, 0.3) is 0 Å². The molecule has 0 radical (unpaired) electrons. The summed E-state index contributed by atoms with van der Waals surface area (Å²) in [6.07, 6.45) is -4.81. The van der Waals surface area contributed by atoms with Gasteiger partial charge in [-0.15, -0.1) is 11.8 Å². The second-order valence-corrected chi connectivity index (χ2v) is 5.23. The van der Waals surface area contributed by atoms with Crippen molar-refractivity contribution >= 4 is 11.8 Å². The normalized spacial score (nSPS) is 13.6. The fourth-order valence-electron chi connectivity index (χ4n) is 1.56. The Bertz CT molecular complexity index is 348. The largest absolute Gasteiger partial charge is 0.389 e. The Kier molecular flexibility index (Phi) is 6.02. The van der Waals surface area contributed by atoms with Crippen LogP contribution in [0.15, 0.2) is 29.2 Å². The van der Waals surface area contributed by atoms with E-state index in [9.17, 15) is 13.2 Å². The molecular formula is C13H18F3NS. The Labute approximate surface area is 110 Å². The standard InChI is InChI=1S/C13H18F3NS/c1-3-17-10(2)11-4-6-12(7-5-11)18-9-8-13(14,15)16/h4-7,10,17H,3,8-9H2,1-2H3. The van der Waals surface area contributed by atoms with Crippen LogP contribution in [0.3, 0.4) is 0 Å². The van der Waals surface area contributed by atoms with Gasteiger partial charge in [0, 0.05) is 16.7 Å².